The summed E-state index contributed by atoms with van der Waals surface area (Å²) < 4.78 is 25.1. The highest BCUT2D eigenvalue weighted by molar-refractivity contribution is 7.92. The van der Waals surface area contributed by atoms with Crippen LogP contribution < -0.4 is 0 Å². The van der Waals surface area contributed by atoms with E-state index in [1.807, 2.05) is 44.2 Å². The molecule has 0 saturated heterocycles. The molecule has 0 spiro atoms. The topological polar surface area (TPSA) is 54.4 Å². The Balaban J connectivity index is 2.37. The third kappa shape index (κ3) is 3.02. The lowest BCUT2D eigenvalue weighted by molar-refractivity contribution is 0.0432. The average Bonchev–Trinajstić information content (AvgIpc) is 2.38. The molecule has 1 fully saturated rings. The van der Waals surface area contributed by atoms with Crippen molar-refractivity contribution < 1.29 is 13.5 Å². The summed E-state index contributed by atoms with van der Waals surface area (Å²) in [5.74, 6) is 0.310. The Kier molecular flexibility index (Phi) is 4.79. The molecule has 3 unspecified atom stereocenters. The van der Waals surface area contributed by atoms with E-state index in [1.165, 1.54) is 0 Å². The van der Waals surface area contributed by atoms with E-state index in [9.17, 15) is 13.5 Å². The second-order valence-corrected chi connectivity index (χ2v) is 9.03. The van der Waals surface area contributed by atoms with E-state index >= 15 is 0 Å². The second kappa shape index (κ2) is 6.09. The van der Waals surface area contributed by atoms with Crippen molar-refractivity contribution in [2.45, 2.75) is 56.6 Å². The largest absolute Gasteiger partial charge is 0.391 e. The van der Waals surface area contributed by atoms with E-state index in [1.54, 1.807) is 0 Å². The van der Waals surface area contributed by atoms with Gasteiger partial charge in [-0.25, -0.2) is 8.42 Å². The number of benzene rings is 1. The normalized spacial score (nSPS) is 30.5. The van der Waals surface area contributed by atoms with Crippen LogP contribution in [0.15, 0.2) is 30.3 Å². The van der Waals surface area contributed by atoms with Gasteiger partial charge in [-0.05, 0) is 36.7 Å². The first-order chi connectivity index (χ1) is 9.79. The monoisotopic (exact) mass is 310 g/mol. The molecule has 1 aliphatic carbocycles. The van der Waals surface area contributed by atoms with Crippen LogP contribution >= 0.6 is 0 Å². The first-order valence-electron chi connectivity index (χ1n) is 7.74. The molecule has 0 aromatic heterocycles. The summed E-state index contributed by atoms with van der Waals surface area (Å²) in [5, 5.41) is 10.6. The number of hydrogen-bond donors (Lipinski definition) is 1. The third-order valence-corrected chi connectivity index (χ3v) is 7.79. The molecule has 1 aromatic carbocycles. The van der Waals surface area contributed by atoms with Gasteiger partial charge in [0.15, 0.2) is 9.84 Å². The minimum Gasteiger partial charge on any atom is -0.391 e. The minimum absolute atomic E-state index is 0.0114. The van der Waals surface area contributed by atoms with E-state index in [0.717, 1.165) is 12.0 Å². The SMILES string of the molecule is CC1CCC(C(C)C)(S(=O)(=O)Cc2ccccc2)C(O)C1. The van der Waals surface area contributed by atoms with Crippen LogP contribution in [0, 0.1) is 11.8 Å². The maximum Gasteiger partial charge on any atom is 0.162 e. The van der Waals surface area contributed by atoms with Gasteiger partial charge in [-0.15, -0.1) is 0 Å². The smallest absolute Gasteiger partial charge is 0.162 e. The molecule has 4 heteroatoms. The van der Waals surface area contributed by atoms with Crippen LogP contribution in [0.2, 0.25) is 0 Å². The lowest BCUT2D eigenvalue weighted by Crippen LogP contribution is -2.56. The molecule has 3 nitrogen and oxygen atoms in total. The van der Waals surface area contributed by atoms with Crippen molar-refractivity contribution in [2.24, 2.45) is 11.8 Å². The molecule has 1 aromatic rings. The standard InChI is InChI=1S/C17H26O3S/c1-13(2)17(10-9-14(3)11-16(17)18)21(19,20)12-15-7-5-4-6-8-15/h4-8,13-14,16,18H,9-12H2,1-3H3. The fourth-order valence-electron chi connectivity index (χ4n) is 3.66. The van der Waals surface area contributed by atoms with Gasteiger partial charge in [-0.1, -0.05) is 51.1 Å². The maximum atomic E-state index is 13.1. The van der Waals surface area contributed by atoms with Gasteiger partial charge in [0.2, 0.25) is 0 Å². The first kappa shape index (κ1) is 16.5. The summed E-state index contributed by atoms with van der Waals surface area (Å²) in [4.78, 5) is 0. The highest BCUT2D eigenvalue weighted by Gasteiger charge is 2.53. The summed E-state index contributed by atoms with van der Waals surface area (Å²) in [5.41, 5.74) is 0.795. The molecular weight excluding hydrogens is 284 g/mol. The van der Waals surface area contributed by atoms with Crippen LogP contribution in [-0.2, 0) is 15.6 Å². The zero-order valence-corrected chi connectivity index (χ0v) is 13.9. The summed E-state index contributed by atoms with van der Waals surface area (Å²) in [6.07, 6.45) is 1.23. The Labute approximate surface area is 128 Å². The Hall–Kier alpha value is -0.870. The molecular formula is C17H26O3S. The molecule has 118 valence electrons. The molecule has 1 saturated carbocycles. The van der Waals surface area contributed by atoms with Crippen molar-refractivity contribution in [3.05, 3.63) is 35.9 Å². The van der Waals surface area contributed by atoms with Gasteiger partial charge < -0.3 is 5.11 Å². The van der Waals surface area contributed by atoms with E-state index < -0.39 is 20.7 Å². The third-order valence-electron chi connectivity index (χ3n) is 4.97. The van der Waals surface area contributed by atoms with Crippen molar-refractivity contribution in [1.82, 2.24) is 0 Å². The Morgan fingerprint density at radius 2 is 1.90 bits per heavy atom. The van der Waals surface area contributed by atoms with Gasteiger partial charge >= 0.3 is 0 Å². The zero-order valence-electron chi connectivity index (χ0n) is 13.1. The minimum atomic E-state index is -3.42. The van der Waals surface area contributed by atoms with Crippen LogP contribution in [0.25, 0.3) is 0 Å². The number of sulfone groups is 1. The number of aliphatic hydroxyl groups is 1. The van der Waals surface area contributed by atoms with Crippen LogP contribution in [0.3, 0.4) is 0 Å². The van der Waals surface area contributed by atoms with Crippen molar-refractivity contribution in [2.75, 3.05) is 0 Å². The highest BCUT2D eigenvalue weighted by atomic mass is 32.2. The van der Waals surface area contributed by atoms with Crippen molar-refractivity contribution >= 4 is 9.84 Å². The van der Waals surface area contributed by atoms with Crippen LogP contribution in [-0.4, -0.2) is 24.4 Å². The Bertz CT molecular complexity index is 565. The molecule has 0 radical (unpaired) electrons. The molecule has 2 rings (SSSR count). The maximum absolute atomic E-state index is 13.1. The fraction of sp³-hybridized carbons (Fsp3) is 0.647. The predicted octanol–water partition coefficient (Wildman–Crippen LogP) is 3.18. The molecule has 1 N–H and O–H groups in total. The van der Waals surface area contributed by atoms with Gasteiger partial charge in [-0.3, -0.25) is 0 Å². The molecule has 0 aliphatic heterocycles. The van der Waals surface area contributed by atoms with Gasteiger partial charge in [0, 0.05) is 0 Å². The van der Waals surface area contributed by atoms with Crippen molar-refractivity contribution in [3.8, 4) is 0 Å². The lowest BCUT2D eigenvalue weighted by atomic mass is 9.74. The Morgan fingerprint density at radius 3 is 2.43 bits per heavy atom. The highest BCUT2D eigenvalue weighted by Crippen LogP contribution is 2.44. The summed E-state index contributed by atoms with van der Waals surface area (Å²) in [7, 11) is -3.42. The molecule has 3 atom stereocenters. The van der Waals surface area contributed by atoms with Crippen LogP contribution in [0.5, 0.6) is 0 Å². The van der Waals surface area contributed by atoms with Gasteiger partial charge in [0.05, 0.1) is 11.9 Å². The number of rotatable bonds is 4. The predicted molar refractivity (Wildman–Crippen MR) is 85.7 cm³/mol. The summed E-state index contributed by atoms with van der Waals surface area (Å²) >= 11 is 0. The van der Waals surface area contributed by atoms with Crippen molar-refractivity contribution in [1.29, 1.82) is 0 Å². The van der Waals surface area contributed by atoms with Gasteiger partial charge in [0.25, 0.3) is 0 Å². The first-order valence-corrected chi connectivity index (χ1v) is 9.39. The van der Waals surface area contributed by atoms with Gasteiger partial charge in [0.1, 0.15) is 4.75 Å². The molecule has 0 heterocycles. The summed E-state index contributed by atoms with van der Waals surface area (Å²) in [6.45, 7) is 5.92. The molecule has 0 bridgehead atoms. The van der Waals surface area contributed by atoms with E-state index in [0.29, 0.717) is 18.8 Å². The fourth-order valence-corrected chi connectivity index (χ4v) is 6.22. The second-order valence-electron chi connectivity index (χ2n) is 6.75. The quantitative estimate of drug-likeness (QED) is 0.929. The van der Waals surface area contributed by atoms with Crippen LogP contribution in [0.1, 0.15) is 45.6 Å². The van der Waals surface area contributed by atoms with E-state index in [-0.39, 0.29) is 11.7 Å². The number of hydrogen-bond acceptors (Lipinski definition) is 3. The molecule has 1 aliphatic rings. The zero-order chi connectivity index (χ0) is 15.7. The van der Waals surface area contributed by atoms with E-state index in [4.69, 9.17) is 0 Å². The molecule has 21 heavy (non-hydrogen) atoms. The average molecular weight is 310 g/mol. The Morgan fingerprint density at radius 1 is 1.29 bits per heavy atom. The van der Waals surface area contributed by atoms with Gasteiger partial charge in [-0.2, -0.15) is 0 Å². The lowest BCUT2D eigenvalue weighted by Gasteiger charge is -2.45. The van der Waals surface area contributed by atoms with Crippen LogP contribution in [0.4, 0.5) is 0 Å². The van der Waals surface area contributed by atoms with E-state index in [2.05, 4.69) is 6.92 Å². The summed E-state index contributed by atoms with van der Waals surface area (Å²) in [6, 6.07) is 9.26. The molecule has 0 amide bonds. The van der Waals surface area contributed by atoms with Crippen molar-refractivity contribution in [3.63, 3.8) is 0 Å². The number of aliphatic hydroxyl groups excluding tert-OH is 1.